The Morgan fingerprint density at radius 2 is 1.64 bits per heavy atom. The zero-order valence-corrected chi connectivity index (χ0v) is 16.6. The van der Waals surface area contributed by atoms with Crippen molar-refractivity contribution in [3.8, 4) is 0 Å². The second-order valence-electron chi connectivity index (χ2n) is 6.29. The molecule has 0 saturated heterocycles. The minimum absolute atomic E-state index is 0.201. The van der Waals surface area contributed by atoms with Gasteiger partial charge in [0.1, 0.15) is 0 Å². The van der Waals surface area contributed by atoms with E-state index in [4.69, 9.17) is 0 Å². The number of rotatable bonds is 8. The Balaban J connectivity index is 0.00000277. The number of carbonyl (C=O) groups excluding carboxylic acids is 1. The molecule has 1 aromatic carbocycles. The second-order valence-corrected chi connectivity index (χ2v) is 6.29. The Morgan fingerprint density at radius 1 is 1.04 bits per heavy atom. The van der Waals surface area contributed by atoms with E-state index in [0.717, 1.165) is 12.0 Å². The molecule has 0 aromatic heterocycles. The highest BCUT2D eigenvalue weighted by Crippen LogP contribution is 2.10. The number of hydrogen-bond donors (Lipinski definition) is 2. The van der Waals surface area contributed by atoms with Gasteiger partial charge in [0.15, 0.2) is 5.78 Å². The van der Waals surface area contributed by atoms with Crippen molar-refractivity contribution in [2.75, 3.05) is 7.05 Å². The summed E-state index contributed by atoms with van der Waals surface area (Å²) >= 11 is 0. The van der Waals surface area contributed by atoms with Crippen molar-refractivity contribution in [1.82, 2.24) is 5.32 Å². The lowest BCUT2D eigenvalue weighted by molar-refractivity contribution is 0.0983. The summed E-state index contributed by atoms with van der Waals surface area (Å²) in [6.45, 7) is 10.5. The van der Waals surface area contributed by atoms with Gasteiger partial charge < -0.3 is 11.1 Å². The van der Waals surface area contributed by atoms with Gasteiger partial charge in [-0.25, -0.2) is 0 Å². The highest BCUT2D eigenvalue weighted by atomic mass is 16.1. The van der Waals surface area contributed by atoms with Crippen LogP contribution in [0.15, 0.2) is 65.4 Å². The molecule has 0 aliphatic carbocycles. The van der Waals surface area contributed by atoms with E-state index in [0.29, 0.717) is 12.5 Å². The number of carbonyl (C=O) groups is 1. The molecule has 0 unspecified atom stereocenters. The zero-order valence-electron chi connectivity index (χ0n) is 16.6. The summed E-state index contributed by atoms with van der Waals surface area (Å²) in [6.07, 6.45) is 7.75. The summed E-state index contributed by atoms with van der Waals surface area (Å²) in [6, 6.07) is 9.93. The van der Waals surface area contributed by atoms with Crippen LogP contribution in [0.5, 0.6) is 0 Å². The minimum atomic E-state index is 0.201. The van der Waals surface area contributed by atoms with E-state index in [1.165, 1.54) is 23.9 Å². The molecule has 0 aliphatic rings. The molecule has 0 spiro atoms. The number of allylic oxidation sites excluding steroid dienone is 6. The van der Waals surface area contributed by atoms with Crippen molar-refractivity contribution < 1.29 is 4.79 Å². The van der Waals surface area contributed by atoms with Crippen LogP contribution in [0.2, 0.25) is 0 Å². The van der Waals surface area contributed by atoms with E-state index in [1.54, 1.807) is 0 Å². The van der Waals surface area contributed by atoms with Crippen LogP contribution in [0.1, 0.15) is 57.8 Å². The molecule has 0 atom stereocenters. The van der Waals surface area contributed by atoms with Gasteiger partial charge in [-0.3, -0.25) is 4.79 Å². The van der Waals surface area contributed by atoms with Crippen molar-refractivity contribution in [3.05, 3.63) is 71.0 Å². The van der Waals surface area contributed by atoms with Gasteiger partial charge in [0.25, 0.3) is 0 Å². The van der Waals surface area contributed by atoms with Gasteiger partial charge >= 0.3 is 0 Å². The second kappa shape index (κ2) is 13.2. The average Bonchev–Trinajstić information content (AvgIpc) is 2.56. The van der Waals surface area contributed by atoms with Crippen molar-refractivity contribution in [3.63, 3.8) is 0 Å². The Labute approximate surface area is 153 Å². The molecule has 0 fully saturated rings. The molecule has 1 aromatic rings. The van der Waals surface area contributed by atoms with Gasteiger partial charge in [0.2, 0.25) is 0 Å². The van der Waals surface area contributed by atoms with Crippen molar-refractivity contribution in [2.24, 2.45) is 5.73 Å². The molecule has 3 N–H and O–H groups in total. The normalized spacial score (nSPS) is 12.6. The summed E-state index contributed by atoms with van der Waals surface area (Å²) in [4.78, 5) is 12.0. The van der Waals surface area contributed by atoms with Crippen molar-refractivity contribution >= 4 is 5.78 Å². The predicted octanol–water partition coefficient (Wildman–Crippen LogP) is 5.02. The molecule has 0 bridgehead atoms. The van der Waals surface area contributed by atoms with Crippen LogP contribution in [0.4, 0.5) is 0 Å². The summed E-state index contributed by atoms with van der Waals surface area (Å²) in [5, 5.41) is 3.38. The van der Waals surface area contributed by atoms with Crippen molar-refractivity contribution in [2.45, 2.75) is 53.5 Å². The molecule has 0 aliphatic heterocycles. The maximum Gasteiger partial charge on any atom is 0.163 e. The molecular weight excluding hydrogens is 308 g/mol. The first-order valence-electron chi connectivity index (χ1n) is 8.84. The summed E-state index contributed by atoms with van der Waals surface area (Å²) < 4.78 is 0. The van der Waals surface area contributed by atoms with Crippen molar-refractivity contribution in [1.29, 1.82) is 0 Å². The number of benzene rings is 1. The van der Waals surface area contributed by atoms with Gasteiger partial charge in [-0.05, 0) is 59.7 Å². The van der Waals surface area contributed by atoms with Gasteiger partial charge in [0, 0.05) is 23.7 Å². The van der Waals surface area contributed by atoms with Gasteiger partial charge in [-0.1, -0.05) is 48.1 Å². The average molecular weight is 343 g/mol. The van der Waals surface area contributed by atoms with E-state index < -0.39 is 0 Å². The first-order chi connectivity index (χ1) is 11.9. The van der Waals surface area contributed by atoms with Crippen LogP contribution in [0.25, 0.3) is 0 Å². The number of Topliss-reactive ketones (excluding diaryl/α,β-unsaturated/α-hetero) is 1. The first kappa shape index (κ1) is 22.9. The third kappa shape index (κ3) is 11.1. The summed E-state index contributed by atoms with van der Waals surface area (Å²) in [5.41, 5.74) is 8.86. The van der Waals surface area contributed by atoms with E-state index in [1.807, 2.05) is 30.3 Å². The number of hydrogen-bond acceptors (Lipinski definition) is 3. The number of nitrogens with one attached hydrogen (secondary N) is 1. The van der Waals surface area contributed by atoms with Gasteiger partial charge in [-0.15, -0.1) is 0 Å². The first-order valence-corrected chi connectivity index (χ1v) is 8.84. The maximum atomic E-state index is 12.0. The highest BCUT2D eigenvalue weighted by Gasteiger charge is 2.03. The van der Waals surface area contributed by atoms with Crippen LogP contribution in [-0.2, 0) is 0 Å². The predicted molar refractivity (Wildman–Crippen MR) is 110 cm³/mol. The summed E-state index contributed by atoms with van der Waals surface area (Å²) in [5.74, 6) is 0.201. The van der Waals surface area contributed by atoms with E-state index in [2.05, 4.69) is 63.9 Å². The molecule has 0 amide bonds. The molecule has 1 rings (SSSR count). The Hall–Kier alpha value is -2.13. The SMILES string of the molecule is CC(=C/C(C)=C/CCC(=O)c1ccccc1)/C=C(\C)NC(C)C.CN. The quantitative estimate of drug-likeness (QED) is 0.515. The molecule has 0 heterocycles. The van der Waals surface area contributed by atoms with E-state index in [-0.39, 0.29) is 5.78 Å². The molecule has 138 valence electrons. The third-order valence-corrected chi connectivity index (χ3v) is 3.35. The monoisotopic (exact) mass is 342 g/mol. The third-order valence-electron chi connectivity index (χ3n) is 3.35. The highest BCUT2D eigenvalue weighted by molar-refractivity contribution is 5.96. The number of nitrogens with two attached hydrogens (primary N) is 1. The topological polar surface area (TPSA) is 55.1 Å². The van der Waals surface area contributed by atoms with Gasteiger partial charge in [-0.2, -0.15) is 0 Å². The largest absolute Gasteiger partial charge is 0.386 e. The maximum absolute atomic E-state index is 12.0. The molecular formula is C22H34N2O. The Bertz CT molecular complexity index is 596. The fourth-order valence-corrected chi connectivity index (χ4v) is 2.50. The van der Waals surface area contributed by atoms with Crippen LogP contribution < -0.4 is 11.1 Å². The Morgan fingerprint density at radius 3 is 2.20 bits per heavy atom. The standard InChI is InChI=1S/C21H29NO.CH5N/c1-16(2)22-19(5)15-18(4)14-17(3)10-9-13-21(23)20-11-7-6-8-12-20;1-2/h6-8,10-12,14-16,22H,9,13H2,1-5H3;2H2,1H3/b17-10+,18-14-,19-15+;. The molecule has 25 heavy (non-hydrogen) atoms. The Kier molecular flexibility index (Phi) is 12.1. The smallest absolute Gasteiger partial charge is 0.163 e. The number of ketones is 1. The lowest BCUT2D eigenvalue weighted by Gasteiger charge is -2.10. The van der Waals surface area contributed by atoms with E-state index in [9.17, 15) is 4.79 Å². The fraction of sp³-hybridized carbons (Fsp3) is 0.409. The lowest BCUT2D eigenvalue weighted by Crippen LogP contribution is -2.20. The minimum Gasteiger partial charge on any atom is -0.386 e. The molecule has 0 radical (unpaired) electrons. The van der Waals surface area contributed by atoms with Crippen LogP contribution in [0.3, 0.4) is 0 Å². The fourth-order valence-electron chi connectivity index (χ4n) is 2.50. The lowest BCUT2D eigenvalue weighted by atomic mass is 10.1. The molecule has 0 saturated carbocycles. The summed E-state index contributed by atoms with van der Waals surface area (Å²) in [7, 11) is 1.50. The molecule has 3 nitrogen and oxygen atoms in total. The van der Waals surface area contributed by atoms with E-state index >= 15 is 0 Å². The van der Waals surface area contributed by atoms with Crippen LogP contribution in [0, 0.1) is 0 Å². The van der Waals surface area contributed by atoms with Crippen LogP contribution in [-0.4, -0.2) is 18.9 Å². The molecule has 3 heteroatoms. The van der Waals surface area contributed by atoms with Gasteiger partial charge in [0.05, 0.1) is 0 Å². The zero-order chi connectivity index (χ0) is 19.2. The van der Waals surface area contributed by atoms with Crippen LogP contribution >= 0.6 is 0 Å².